The van der Waals surface area contributed by atoms with Gasteiger partial charge in [-0.1, -0.05) is 5.21 Å². The number of nitrogens with one attached hydrogen (secondary N) is 1. The van der Waals surface area contributed by atoms with Crippen LogP contribution in [0.1, 0.15) is 6.23 Å². The van der Waals surface area contributed by atoms with E-state index in [1.54, 1.807) is 0 Å². The average Bonchev–Trinajstić information content (AvgIpc) is 3.73. The molecule has 7 rings (SSSR count). The van der Waals surface area contributed by atoms with E-state index < -0.39 is 81.4 Å². The lowest BCUT2D eigenvalue weighted by Crippen LogP contribution is -2.45. The van der Waals surface area contributed by atoms with Crippen LogP contribution < -0.4 is 17.0 Å². The van der Waals surface area contributed by atoms with E-state index in [0.717, 1.165) is 21.9 Å². The maximum atomic E-state index is 16.9. The fourth-order valence-corrected chi connectivity index (χ4v) is 8.00. The number of rotatable bonds is 2. The van der Waals surface area contributed by atoms with Gasteiger partial charge >= 0.3 is 13.4 Å². The first-order chi connectivity index (χ1) is 21.3. The monoisotopic (exact) mass is 711 g/mol. The molecule has 26 heteroatoms. The molecule has 7 heterocycles. The number of fused-ring (bicyclic) bond motifs is 5. The minimum atomic E-state index is -4.41. The van der Waals surface area contributed by atoms with Gasteiger partial charge < -0.3 is 39.8 Å². The smallest absolute Gasteiger partial charge is 0.325 e. The molecule has 9 atom stereocenters. The van der Waals surface area contributed by atoms with Crippen LogP contribution in [0.25, 0.3) is 22.3 Å². The Balaban J connectivity index is 1.23. The first-order valence-electron chi connectivity index (χ1n) is 12.7. The zero-order valence-corrected chi connectivity index (χ0v) is 25.6. The van der Waals surface area contributed by atoms with Crippen molar-refractivity contribution in [1.29, 1.82) is 0 Å². The summed E-state index contributed by atoms with van der Waals surface area (Å²) in [7, 11) is 0. The molecule has 2 unspecified atom stereocenters. The minimum absolute atomic E-state index is 0.0233. The van der Waals surface area contributed by atoms with Crippen LogP contribution >= 0.6 is 13.4 Å². The van der Waals surface area contributed by atoms with E-state index in [1.165, 1.54) is 0 Å². The van der Waals surface area contributed by atoms with Gasteiger partial charge in [0.25, 0.3) is 5.56 Å². The van der Waals surface area contributed by atoms with Crippen molar-refractivity contribution in [3.63, 3.8) is 0 Å². The van der Waals surface area contributed by atoms with Crippen molar-refractivity contribution in [2.45, 2.75) is 42.6 Å². The van der Waals surface area contributed by atoms with Gasteiger partial charge in [0.2, 0.25) is 11.7 Å². The van der Waals surface area contributed by atoms with Gasteiger partial charge in [-0.2, -0.15) is 9.67 Å². The Kier molecular flexibility index (Phi) is 7.50. The molecule has 3 fully saturated rings. The lowest BCUT2D eigenvalue weighted by molar-refractivity contribution is -0.0663. The fourth-order valence-electron chi connectivity index (χ4n) is 5.15. The Morgan fingerprint density at radius 1 is 1.07 bits per heavy atom. The molecule has 2 bridgehead atoms. The normalized spacial score (nSPS) is 37.7. The van der Waals surface area contributed by atoms with Crippen LogP contribution in [-0.2, 0) is 57.0 Å². The summed E-state index contributed by atoms with van der Waals surface area (Å²) in [5.74, 6) is -2.96. The molecule has 3 aliphatic rings. The molecule has 3 aliphatic heterocycles. The number of H-pyrrole nitrogens is 1. The number of nitrogens with zero attached hydrogens (tertiary/aromatic N) is 8. The number of anilines is 2. The summed E-state index contributed by atoms with van der Waals surface area (Å²) in [4.78, 5) is 52.4. The van der Waals surface area contributed by atoms with Crippen LogP contribution in [0.5, 0.6) is 0 Å². The predicted octanol–water partition coefficient (Wildman–Crippen LogP) is -0.974. The van der Waals surface area contributed by atoms with Crippen molar-refractivity contribution in [1.82, 2.24) is 44.5 Å². The molecule has 0 amide bonds. The van der Waals surface area contributed by atoms with Crippen molar-refractivity contribution in [3.8, 4) is 0 Å². The second-order valence-corrected chi connectivity index (χ2v) is 15.6. The van der Waals surface area contributed by atoms with Crippen LogP contribution in [0.4, 0.5) is 20.5 Å². The highest BCUT2D eigenvalue weighted by atomic mass is 32.5. The van der Waals surface area contributed by atoms with Crippen LogP contribution in [0.2, 0.25) is 0 Å². The maximum Gasteiger partial charge on any atom is 0.325 e. The van der Waals surface area contributed by atoms with Gasteiger partial charge in [0, 0.05) is 0 Å². The molecule has 0 spiro atoms. The van der Waals surface area contributed by atoms with Gasteiger partial charge in [-0.3, -0.25) is 23.4 Å². The molecule has 4 aromatic rings. The fraction of sp³-hybridized carbons (Fsp3) is 0.526. The molecule has 20 nitrogen and oxygen atoms in total. The molecule has 242 valence electrons. The van der Waals surface area contributed by atoms with Gasteiger partial charge in [-0.15, -0.1) is 5.10 Å². The standard InChI is InChI=1S/C19H21F2N11O9P2S2/c20-8-6-1-37-43(35,45)41-12-7(36-3-19(12,21)31-5-26-9-13(22)24-4-25-14(9)31)2-38-42(34,44)40-11(8)17(39-6)32-15-10(29-30-32)16(33)28-18(23)27-15/h4-8,11-12,17H,1-3H2,(H,34,44)(H,35,45)(H2,22,24,25)(H3,23,27,28,33)/t6-,7-,8+,11-,12-,17-,19+,42?,43?/m1/s1. The number of nitrogen functional groups attached to an aromatic ring is 2. The van der Waals surface area contributed by atoms with Gasteiger partial charge in [0.1, 0.15) is 36.8 Å². The summed E-state index contributed by atoms with van der Waals surface area (Å²) in [6, 6.07) is 0. The molecule has 0 aromatic carbocycles. The Bertz CT molecular complexity index is 1970. The third-order valence-electron chi connectivity index (χ3n) is 7.20. The van der Waals surface area contributed by atoms with Gasteiger partial charge in [-0.25, -0.2) is 23.7 Å². The summed E-state index contributed by atoms with van der Waals surface area (Å²) in [6.45, 7) is -10.9. The SMILES string of the molecule is Nc1nc2c(nnn2[C@@H]2O[C@@H]3COP(O)(=S)O[C@@H]4[C@@H](COP(O)(=S)O[C@@H]2[C@H]3F)OC[C@]4(F)n2cnc3c(N)ncnc32)c(=O)[nH]1. The first-order valence-corrected chi connectivity index (χ1v) is 17.9. The van der Waals surface area contributed by atoms with E-state index in [2.05, 4.69) is 35.2 Å². The number of nitrogens with two attached hydrogens (primary N) is 2. The van der Waals surface area contributed by atoms with E-state index in [-0.39, 0.29) is 34.1 Å². The number of hydrogen-bond acceptors (Lipinski definition) is 17. The first kappa shape index (κ1) is 30.9. The largest absolute Gasteiger partial charge is 0.382 e. The Morgan fingerprint density at radius 3 is 2.58 bits per heavy atom. The number of ether oxygens (including phenoxy) is 2. The average molecular weight is 712 g/mol. The molecular formula is C19H21F2N11O9P2S2. The van der Waals surface area contributed by atoms with Crippen LogP contribution in [0.3, 0.4) is 0 Å². The Hall–Kier alpha value is -2.73. The molecule has 4 aromatic heterocycles. The second kappa shape index (κ2) is 10.9. The zero-order valence-electron chi connectivity index (χ0n) is 22.2. The Labute approximate surface area is 258 Å². The summed E-state index contributed by atoms with van der Waals surface area (Å²) >= 11 is 10.3. The number of aromatic amines is 1. The molecule has 45 heavy (non-hydrogen) atoms. The number of halogens is 2. The van der Waals surface area contributed by atoms with E-state index in [9.17, 15) is 14.6 Å². The third-order valence-corrected chi connectivity index (χ3v) is 10.3. The van der Waals surface area contributed by atoms with Crippen molar-refractivity contribution in [2.75, 3.05) is 31.3 Å². The third kappa shape index (κ3) is 5.33. The predicted molar refractivity (Wildman–Crippen MR) is 152 cm³/mol. The highest BCUT2D eigenvalue weighted by molar-refractivity contribution is 8.07. The van der Waals surface area contributed by atoms with Gasteiger partial charge in [0.15, 0.2) is 41.1 Å². The number of hydrogen-bond donors (Lipinski definition) is 5. The van der Waals surface area contributed by atoms with Crippen molar-refractivity contribution < 1.29 is 46.1 Å². The number of aromatic nitrogens is 9. The quantitative estimate of drug-likeness (QED) is 0.156. The van der Waals surface area contributed by atoms with Crippen LogP contribution in [-0.4, -0.2) is 105 Å². The lowest BCUT2D eigenvalue weighted by atomic mass is 10.1. The summed E-state index contributed by atoms with van der Waals surface area (Å²) in [5.41, 5.74) is 10.4. The molecule has 0 radical (unpaired) electrons. The maximum absolute atomic E-state index is 16.9. The summed E-state index contributed by atoms with van der Waals surface area (Å²) < 4.78 is 68.1. The van der Waals surface area contributed by atoms with Crippen molar-refractivity contribution in [3.05, 3.63) is 23.0 Å². The molecule has 0 aliphatic carbocycles. The van der Waals surface area contributed by atoms with Crippen LogP contribution in [0, 0.1) is 0 Å². The van der Waals surface area contributed by atoms with Gasteiger partial charge in [0.05, 0.1) is 19.5 Å². The van der Waals surface area contributed by atoms with E-state index in [4.69, 9.17) is 62.6 Å². The summed E-state index contributed by atoms with van der Waals surface area (Å²) in [5, 5.41) is 7.55. The van der Waals surface area contributed by atoms with Crippen molar-refractivity contribution in [2.24, 2.45) is 0 Å². The van der Waals surface area contributed by atoms with E-state index >= 15 is 8.78 Å². The van der Waals surface area contributed by atoms with Crippen molar-refractivity contribution >= 4 is 71.1 Å². The van der Waals surface area contributed by atoms with E-state index in [0.29, 0.717) is 0 Å². The molecule has 7 N–H and O–H groups in total. The topological polar surface area (TPSA) is 268 Å². The van der Waals surface area contributed by atoms with E-state index in [1.807, 2.05) is 0 Å². The number of imidazole rings is 1. The molecule has 0 saturated carbocycles. The lowest BCUT2D eigenvalue weighted by Gasteiger charge is -2.32. The second-order valence-electron chi connectivity index (χ2n) is 10.0. The minimum Gasteiger partial charge on any atom is -0.382 e. The molecule has 3 saturated heterocycles. The molecular weight excluding hydrogens is 690 g/mol. The van der Waals surface area contributed by atoms with Crippen LogP contribution in [0.15, 0.2) is 17.4 Å². The summed E-state index contributed by atoms with van der Waals surface area (Å²) in [6.07, 6.45) is -7.95. The highest BCUT2D eigenvalue weighted by Gasteiger charge is 2.57. The van der Waals surface area contributed by atoms with Gasteiger partial charge in [-0.05, 0) is 23.6 Å². The Morgan fingerprint density at radius 2 is 1.80 bits per heavy atom. The highest BCUT2D eigenvalue weighted by Crippen LogP contribution is 2.55. The number of alkyl halides is 2. The zero-order chi connectivity index (χ0) is 31.9.